The highest BCUT2D eigenvalue weighted by molar-refractivity contribution is 5.94. The van der Waals surface area contributed by atoms with E-state index in [0.717, 1.165) is 24.2 Å². The smallest absolute Gasteiger partial charge is 0.387 e. The molecule has 0 bridgehead atoms. The monoisotopic (exact) mass is 420 g/mol. The van der Waals surface area contributed by atoms with Crippen LogP contribution < -0.4 is 14.8 Å². The number of amides is 1. The summed E-state index contributed by atoms with van der Waals surface area (Å²) in [5.41, 5.74) is 2.50. The molecule has 0 heterocycles. The number of ether oxygens (including phenoxy) is 2. The fourth-order valence-corrected chi connectivity index (χ4v) is 3.14. The number of carbonyl (C=O) groups excluding carboxylic acids is 1. The van der Waals surface area contributed by atoms with Crippen molar-refractivity contribution in [2.45, 2.75) is 46.4 Å². The molecule has 0 aliphatic heterocycles. The van der Waals surface area contributed by atoms with Crippen molar-refractivity contribution in [2.24, 2.45) is 0 Å². The van der Waals surface area contributed by atoms with E-state index in [2.05, 4.69) is 35.7 Å². The number of hydrogen-bond donors (Lipinski definition) is 1. The Hall–Kier alpha value is -2.67. The zero-order valence-electron chi connectivity index (χ0n) is 18.0. The number of halogens is 2. The van der Waals surface area contributed by atoms with Crippen molar-refractivity contribution in [3.63, 3.8) is 0 Å². The van der Waals surface area contributed by atoms with Crippen molar-refractivity contribution in [1.29, 1.82) is 0 Å². The third kappa shape index (κ3) is 6.99. The lowest BCUT2D eigenvalue weighted by Gasteiger charge is -2.24. The van der Waals surface area contributed by atoms with Crippen LogP contribution in [0.3, 0.4) is 0 Å². The van der Waals surface area contributed by atoms with Gasteiger partial charge in [0.1, 0.15) is 0 Å². The summed E-state index contributed by atoms with van der Waals surface area (Å²) >= 11 is 0. The molecule has 0 aliphatic carbocycles. The summed E-state index contributed by atoms with van der Waals surface area (Å²) in [5, 5.41) is 2.86. The standard InChI is InChI=1S/C23H30F2N2O3/c1-5-27(16(2)3)15-18-6-9-19(10-7-18)22(28)26-13-12-17-8-11-20(29-4)21(14-17)30-23(24)25/h6-11,14,16,23H,5,12-13,15H2,1-4H3,(H,26,28). The Morgan fingerprint density at radius 3 is 2.30 bits per heavy atom. The van der Waals surface area contributed by atoms with Crippen LogP contribution in [0.1, 0.15) is 42.3 Å². The van der Waals surface area contributed by atoms with Crippen molar-refractivity contribution < 1.29 is 23.0 Å². The van der Waals surface area contributed by atoms with Gasteiger partial charge in [0.2, 0.25) is 0 Å². The number of benzene rings is 2. The molecule has 0 atom stereocenters. The molecule has 0 saturated carbocycles. The van der Waals surface area contributed by atoms with Gasteiger partial charge in [-0.05, 0) is 62.2 Å². The third-order valence-electron chi connectivity index (χ3n) is 4.88. The number of methoxy groups -OCH3 is 1. The highest BCUT2D eigenvalue weighted by atomic mass is 19.3. The molecule has 0 saturated heterocycles. The van der Waals surface area contributed by atoms with Gasteiger partial charge in [0.15, 0.2) is 11.5 Å². The predicted octanol–water partition coefficient (Wildman–Crippen LogP) is 4.50. The highest BCUT2D eigenvalue weighted by Crippen LogP contribution is 2.29. The molecule has 0 unspecified atom stereocenters. The molecule has 2 aromatic rings. The van der Waals surface area contributed by atoms with E-state index in [-0.39, 0.29) is 17.4 Å². The van der Waals surface area contributed by atoms with Crippen LogP contribution in [0.15, 0.2) is 42.5 Å². The first kappa shape index (κ1) is 23.6. The van der Waals surface area contributed by atoms with Crippen molar-refractivity contribution in [2.75, 3.05) is 20.2 Å². The van der Waals surface area contributed by atoms with Crippen LogP contribution in [-0.4, -0.2) is 43.7 Å². The molecule has 0 spiro atoms. The number of nitrogens with one attached hydrogen (secondary N) is 1. The molecule has 0 radical (unpaired) electrons. The minimum absolute atomic E-state index is 0.0190. The highest BCUT2D eigenvalue weighted by Gasteiger charge is 2.12. The number of rotatable bonds is 11. The lowest BCUT2D eigenvalue weighted by atomic mass is 10.1. The average Bonchev–Trinajstić information content (AvgIpc) is 2.72. The quantitative estimate of drug-likeness (QED) is 0.582. The number of nitrogens with zero attached hydrogens (tertiary/aromatic N) is 1. The van der Waals surface area contributed by atoms with Crippen molar-refractivity contribution >= 4 is 5.91 Å². The van der Waals surface area contributed by atoms with E-state index in [1.54, 1.807) is 12.1 Å². The van der Waals surface area contributed by atoms with Gasteiger partial charge in [-0.1, -0.05) is 25.1 Å². The molecule has 7 heteroatoms. The third-order valence-corrected chi connectivity index (χ3v) is 4.88. The summed E-state index contributed by atoms with van der Waals surface area (Å²) in [5.74, 6) is 0.0482. The van der Waals surface area contributed by atoms with Gasteiger partial charge >= 0.3 is 6.61 Å². The predicted molar refractivity (Wildman–Crippen MR) is 113 cm³/mol. The Morgan fingerprint density at radius 2 is 1.73 bits per heavy atom. The van der Waals surface area contributed by atoms with Crippen molar-refractivity contribution in [1.82, 2.24) is 10.2 Å². The van der Waals surface area contributed by atoms with Gasteiger partial charge in [0.25, 0.3) is 5.91 Å². The molecule has 1 amide bonds. The summed E-state index contributed by atoms with van der Waals surface area (Å²) in [6.45, 7) is 5.71. The van der Waals surface area contributed by atoms with E-state index in [4.69, 9.17) is 4.74 Å². The molecule has 2 aromatic carbocycles. The van der Waals surface area contributed by atoms with Crippen LogP contribution in [0.25, 0.3) is 0 Å². The zero-order chi connectivity index (χ0) is 22.1. The summed E-state index contributed by atoms with van der Waals surface area (Å²) in [4.78, 5) is 14.7. The van der Waals surface area contributed by atoms with E-state index in [1.807, 2.05) is 24.3 Å². The maximum absolute atomic E-state index is 12.5. The molecule has 5 nitrogen and oxygen atoms in total. The lowest BCUT2D eigenvalue weighted by molar-refractivity contribution is -0.0512. The molecule has 30 heavy (non-hydrogen) atoms. The van der Waals surface area contributed by atoms with Gasteiger partial charge in [0, 0.05) is 24.7 Å². The minimum Gasteiger partial charge on any atom is -0.493 e. The Kier molecular flexibility index (Phi) is 9.05. The maximum atomic E-state index is 12.5. The summed E-state index contributed by atoms with van der Waals surface area (Å²) in [6, 6.07) is 12.9. The van der Waals surface area contributed by atoms with E-state index < -0.39 is 6.61 Å². The van der Waals surface area contributed by atoms with Crippen LogP contribution in [-0.2, 0) is 13.0 Å². The molecule has 164 valence electrons. The van der Waals surface area contributed by atoms with Crippen LogP contribution in [0.2, 0.25) is 0 Å². The first-order valence-corrected chi connectivity index (χ1v) is 10.1. The molecule has 2 rings (SSSR count). The molecule has 0 aromatic heterocycles. The zero-order valence-corrected chi connectivity index (χ0v) is 18.0. The molecular formula is C23H30F2N2O3. The topological polar surface area (TPSA) is 50.8 Å². The van der Waals surface area contributed by atoms with Gasteiger partial charge in [-0.15, -0.1) is 0 Å². The first-order chi connectivity index (χ1) is 14.3. The summed E-state index contributed by atoms with van der Waals surface area (Å²) < 4.78 is 34.6. The Balaban J connectivity index is 1.90. The fourth-order valence-electron chi connectivity index (χ4n) is 3.14. The van der Waals surface area contributed by atoms with Crippen LogP contribution in [0.4, 0.5) is 8.78 Å². The normalized spacial score (nSPS) is 11.2. The van der Waals surface area contributed by atoms with Gasteiger partial charge in [-0.2, -0.15) is 8.78 Å². The van der Waals surface area contributed by atoms with Gasteiger partial charge in [-0.25, -0.2) is 0 Å². The van der Waals surface area contributed by atoms with E-state index in [1.165, 1.54) is 13.2 Å². The van der Waals surface area contributed by atoms with E-state index in [9.17, 15) is 13.6 Å². The lowest BCUT2D eigenvalue weighted by Crippen LogP contribution is -2.30. The van der Waals surface area contributed by atoms with Gasteiger partial charge in [0.05, 0.1) is 7.11 Å². The SMILES string of the molecule is CCN(Cc1ccc(C(=O)NCCc2ccc(OC)c(OC(F)F)c2)cc1)C(C)C. The molecular weight excluding hydrogens is 390 g/mol. The van der Waals surface area contributed by atoms with Gasteiger partial charge in [-0.3, -0.25) is 9.69 Å². The van der Waals surface area contributed by atoms with Crippen LogP contribution >= 0.6 is 0 Å². The molecule has 1 N–H and O–H groups in total. The molecule has 0 fully saturated rings. The Labute approximate surface area is 177 Å². The van der Waals surface area contributed by atoms with Crippen LogP contribution in [0.5, 0.6) is 11.5 Å². The Bertz CT molecular complexity index is 811. The van der Waals surface area contributed by atoms with E-state index >= 15 is 0 Å². The van der Waals surface area contributed by atoms with Gasteiger partial charge < -0.3 is 14.8 Å². The number of hydrogen-bond acceptors (Lipinski definition) is 4. The largest absolute Gasteiger partial charge is 0.493 e. The molecule has 0 aliphatic rings. The first-order valence-electron chi connectivity index (χ1n) is 10.1. The second kappa shape index (κ2) is 11.5. The second-order valence-corrected chi connectivity index (χ2v) is 7.22. The average molecular weight is 421 g/mol. The minimum atomic E-state index is -2.93. The summed E-state index contributed by atoms with van der Waals surface area (Å²) in [6.07, 6.45) is 0.479. The van der Waals surface area contributed by atoms with E-state index in [0.29, 0.717) is 24.6 Å². The fraction of sp³-hybridized carbons (Fsp3) is 0.435. The Morgan fingerprint density at radius 1 is 1.07 bits per heavy atom. The van der Waals surface area contributed by atoms with Crippen LogP contribution in [0, 0.1) is 0 Å². The maximum Gasteiger partial charge on any atom is 0.387 e. The van der Waals surface area contributed by atoms with Crippen molar-refractivity contribution in [3.05, 3.63) is 59.2 Å². The number of carbonyl (C=O) groups is 1. The van der Waals surface area contributed by atoms with Crippen molar-refractivity contribution in [3.8, 4) is 11.5 Å². The summed E-state index contributed by atoms with van der Waals surface area (Å²) in [7, 11) is 1.39. The number of alkyl halides is 2. The second-order valence-electron chi connectivity index (χ2n) is 7.22.